The fraction of sp³-hybridized carbons (Fsp3) is 0.727. The van der Waals surface area contributed by atoms with Crippen LogP contribution in [0.1, 0.15) is 19.8 Å². The highest BCUT2D eigenvalue weighted by molar-refractivity contribution is 7.99. The van der Waals surface area contributed by atoms with Gasteiger partial charge >= 0.3 is 5.97 Å². The SMILES string of the molecule is CCN(C(=O)CSc1nnnn1CC(=O)OC)C1CC1. The number of carbonyl (C=O) groups excluding carboxylic acids is 2. The summed E-state index contributed by atoms with van der Waals surface area (Å²) >= 11 is 1.23. The predicted octanol–water partition coefficient (Wildman–Crippen LogP) is -0.0509. The highest BCUT2D eigenvalue weighted by Gasteiger charge is 2.31. The average molecular weight is 299 g/mol. The van der Waals surface area contributed by atoms with Crippen molar-refractivity contribution in [3.8, 4) is 0 Å². The zero-order valence-electron chi connectivity index (χ0n) is 11.5. The van der Waals surface area contributed by atoms with Crippen LogP contribution < -0.4 is 0 Å². The van der Waals surface area contributed by atoms with Crippen LogP contribution in [0.4, 0.5) is 0 Å². The number of esters is 1. The molecular weight excluding hydrogens is 282 g/mol. The Balaban J connectivity index is 1.88. The van der Waals surface area contributed by atoms with Crippen molar-refractivity contribution in [2.24, 2.45) is 0 Å². The number of ether oxygens (including phenoxy) is 1. The van der Waals surface area contributed by atoms with Crippen molar-refractivity contribution in [3.05, 3.63) is 0 Å². The minimum Gasteiger partial charge on any atom is -0.468 e. The van der Waals surface area contributed by atoms with Crippen LogP contribution in [0.25, 0.3) is 0 Å². The van der Waals surface area contributed by atoms with Gasteiger partial charge in [-0.2, -0.15) is 0 Å². The van der Waals surface area contributed by atoms with E-state index >= 15 is 0 Å². The molecule has 1 heterocycles. The van der Waals surface area contributed by atoms with Crippen LogP contribution in [0.2, 0.25) is 0 Å². The Labute approximate surface area is 120 Å². The second kappa shape index (κ2) is 6.69. The topological polar surface area (TPSA) is 90.2 Å². The molecule has 1 amide bonds. The van der Waals surface area contributed by atoms with Gasteiger partial charge in [0, 0.05) is 12.6 Å². The quantitative estimate of drug-likeness (QED) is 0.515. The minimum atomic E-state index is -0.432. The lowest BCUT2D eigenvalue weighted by atomic mass is 10.4. The monoisotopic (exact) mass is 299 g/mol. The number of rotatable bonds is 7. The van der Waals surface area contributed by atoms with E-state index in [0.29, 0.717) is 11.2 Å². The predicted molar refractivity (Wildman–Crippen MR) is 71.0 cm³/mol. The Bertz CT molecular complexity index is 488. The van der Waals surface area contributed by atoms with E-state index < -0.39 is 5.97 Å². The molecule has 1 aromatic rings. The third-order valence-electron chi connectivity index (χ3n) is 2.98. The van der Waals surface area contributed by atoms with Gasteiger partial charge in [0.25, 0.3) is 0 Å². The smallest absolute Gasteiger partial charge is 0.327 e. The second-order valence-electron chi connectivity index (χ2n) is 4.39. The van der Waals surface area contributed by atoms with Crippen molar-refractivity contribution in [2.45, 2.75) is 37.5 Å². The summed E-state index contributed by atoms with van der Waals surface area (Å²) in [5.74, 6) is -0.0856. The molecule has 0 aromatic carbocycles. The maximum atomic E-state index is 12.1. The number of tetrazole rings is 1. The maximum absolute atomic E-state index is 12.1. The van der Waals surface area contributed by atoms with Gasteiger partial charge in [-0.1, -0.05) is 11.8 Å². The second-order valence-corrected chi connectivity index (χ2v) is 5.34. The summed E-state index contributed by atoms with van der Waals surface area (Å²) in [4.78, 5) is 25.2. The lowest BCUT2D eigenvalue weighted by Gasteiger charge is -2.19. The van der Waals surface area contributed by atoms with Gasteiger partial charge < -0.3 is 9.64 Å². The molecule has 20 heavy (non-hydrogen) atoms. The summed E-state index contributed by atoms with van der Waals surface area (Å²) < 4.78 is 5.89. The minimum absolute atomic E-state index is 0.0554. The lowest BCUT2D eigenvalue weighted by Crippen LogP contribution is -2.34. The molecule has 0 aliphatic heterocycles. The van der Waals surface area contributed by atoms with Crippen LogP contribution >= 0.6 is 11.8 Å². The highest BCUT2D eigenvalue weighted by Crippen LogP contribution is 2.27. The maximum Gasteiger partial charge on any atom is 0.327 e. The molecule has 1 saturated carbocycles. The van der Waals surface area contributed by atoms with Crippen LogP contribution in [0.3, 0.4) is 0 Å². The van der Waals surface area contributed by atoms with Gasteiger partial charge in [0.15, 0.2) is 0 Å². The van der Waals surface area contributed by atoms with E-state index in [9.17, 15) is 9.59 Å². The highest BCUT2D eigenvalue weighted by atomic mass is 32.2. The first-order valence-electron chi connectivity index (χ1n) is 6.41. The molecule has 0 atom stereocenters. The Morgan fingerprint density at radius 1 is 1.50 bits per heavy atom. The third kappa shape index (κ3) is 3.69. The number of amides is 1. The van der Waals surface area contributed by atoms with E-state index in [4.69, 9.17) is 0 Å². The molecule has 1 aromatic heterocycles. The zero-order chi connectivity index (χ0) is 14.5. The van der Waals surface area contributed by atoms with Crippen molar-refractivity contribution in [3.63, 3.8) is 0 Å². The third-order valence-corrected chi connectivity index (χ3v) is 3.92. The van der Waals surface area contributed by atoms with E-state index in [1.807, 2.05) is 11.8 Å². The Kier molecular flexibility index (Phi) is 4.94. The fourth-order valence-electron chi connectivity index (χ4n) is 1.82. The number of nitrogens with zero attached hydrogens (tertiary/aromatic N) is 5. The summed E-state index contributed by atoms with van der Waals surface area (Å²) in [5, 5.41) is 11.5. The summed E-state index contributed by atoms with van der Waals surface area (Å²) in [7, 11) is 1.30. The molecule has 0 bridgehead atoms. The number of hydrogen-bond donors (Lipinski definition) is 0. The Morgan fingerprint density at radius 3 is 2.85 bits per heavy atom. The molecule has 1 fully saturated rings. The van der Waals surface area contributed by atoms with Crippen LogP contribution in [0.5, 0.6) is 0 Å². The van der Waals surface area contributed by atoms with Crippen molar-refractivity contribution >= 4 is 23.6 Å². The summed E-state index contributed by atoms with van der Waals surface area (Å²) in [5.41, 5.74) is 0. The number of thioether (sulfide) groups is 1. The number of aromatic nitrogens is 4. The molecular formula is C11H17N5O3S. The average Bonchev–Trinajstić information content (AvgIpc) is 3.18. The van der Waals surface area contributed by atoms with Gasteiger partial charge in [-0.3, -0.25) is 9.59 Å². The molecule has 0 N–H and O–H groups in total. The van der Waals surface area contributed by atoms with E-state index in [0.717, 1.165) is 19.4 Å². The van der Waals surface area contributed by atoms with Crippen LogP contribution in [0.15, 0.2) is 5.16 Å². The van der Waals surface area contributed by atoms with Crippen molar-refractivity contribution < 1.29 is 14.3 Å². The lowest BCUT2D eigenvalue weighted by molar-refractivity contribution is -0.141. The van der Waals surface area contributed by atoms with Gasteiger partial charge in [-0.05, 0) is 30.2 Å². The molecule has 0 spiro atoms. The standard InChI is InChI=1S/C11H17N5O3S/c1-3-15(8-4-5-8)9(17)7-20-11-12-13-14-16(11)6-10(18)19-2/h8H,3-7H2,1-2H3. The molecule has 8 nitrogen and oxygen atoms in total. The van der Waals surface area contributed by atoms with E-state index in [1.54, 1.807) is 0 Å². The molecule has 1 aliphatic carbocycles. The Hall–Kier alpha value is -1.64. The summed E-state index contributed by atoms with van der Waals surface area (Å²) in [6.07, 6.45) is 2.18. The van der Waals surface area contributed by atoms with Gasteiger partial charge in [-0.25, -0.2) is 4.68 Å². The molecule has 1 aliphatic rings. The number of carbonyl (C=O) groups is 2. The first kappa shape index (κ1) is 14.8. The molecule has 0 saturated heterocycles. The first-order chi connectivity index (χ1) is 9.65. The number of methoxy groups -OCH3 is 1. The van der Waals surface area contributed by atoms with Crippen LogP contribution in [-0.4, -0.2) is 62.4 Å². The molecule has 2 rings (SSSR count). The molecule has 0 radical (unpaired) electrons. The zero-order valence-corrected chi connectivity index (χ0v) is 12.3. The van der Waals surface area contributed by atoms with Crippen molar-refractivity contribution in [1.29, 1.82) is 0 Å². The van der Waals surface area contributed by atoms with Crippen LogP contribution in [0, 0.1) is 0 Å². The largest absolute Gasteiger partial charge is 0.468 e. The Morgan fingerprint density at radius 2 is 2.25 bits per heavy atom. The van der Waals surface area contributed by atoms with E-state index in [1.165, 1.54) is 23.6 Å². The van der Waals surface area contributed by atoms with Gasteiger partial charge in [-0.15, -0.1) is 5.10 Å². The first-order valence-corrected chi connectivity index (χ1v) is 7.39. The van der Waals surface area contributed by atoms with E-state index in [2.05, 4.69) is 20.3 Å². The van der Waals surface area contributed by atoms with Crippen LogP contribution in [-0.2, 0) is 20.9 Å². The van der Waals surface area contributed by atoms with Crippen molar-refractivity contribution in [2.75, 3.05) is 19.4 Å². The fourth-order valence-corrected chi connectivity index (χ4v) is 2.58. The summed E-state index contributed by atoms with van der Waals surface area (Å²) in [6, 6.07) is 0.402. The molecule has 110 valence electrons. The van der Waals surface area contributed by atoms with E-state index in [-0.39, 0.29) is 18.2 Å². The normalized spacial score (nSPS) is 14.1. The van der Waals surface area contributed by atoms with Gasteiger partial charge in [0.05, 0.1) is 12.9 Å². The molecule has 0 unspecified atom stereocenters. The van der Waals surface area contributed by atoms with Gasteiger partial charge in [0.2, 0.25) is 11.1 Å². The van der Waals surface area contributed by atoms with Gasteiger partial charge in [0.1, 0.15) is 6.54 Å². The summed E-state index contributed by atoms with van der Waals surface area (Å²) in [6.45, 7) is 2.64. The molecule has 9 heteroatoms. The number of hydrogen-bond acceptors (Lipinski definition) is 7. The van der Waals surface area contributed by atoms with Crippen molar-refractivity contribution in [1.82, 2.24) is 25.1 Å².